The molecule has 0 aliphatic carbocycles. The summed E-state index contributed by atoms with van der Waals surface area (Å²) in [4.78, 5) is 20.8. The van der Waals surface area contributed by atoms with Crippen LogP contribution < -0.4 is 5.32 Å². The van der Waals surface area contributed by atoms with Crippen molar-refractivity contribution in [2.45, 2.75) is 19.5 Å². The van der Waals surface area contributed by atoms with E-state index in [2.05, 4.69) is 15.3 Å². The number of pyridine rings is 1. The van der Waals surface area contributed by atoms with Crippen molar-refractivity contribution in [3.63, 3.8) is 0 Å². The van der Waals surface area contributed by atoms with E-state index >= 15 is 8.78 Å². The van der Waals surface area contributed by atoms with E-state index in [1.165, 1.54) is 32.4 Å². The molecule has 0 aliphatic rings. The third-order valence-corrected chi connectivity index (χ3v) is 7.00. The van der Waals surface area contributed by atoms with Crippen LogP contribution in [0, 0.1) is 34.6 Å². The molecule has 5 rings (SSSR count). The number of carbonyl (C=O) groups excluding carboxylic acids is 1. The monoisotopic (exact) mass is 603 g/mol. The Hall–Kier alpha value is -5.28. The largest absolute Gasteiger partial charge is 0.465 e. The first-order chi connectivity index (χ1) is 21.2. The molecule has 0 amide bonds. The van der Waals surface area contributed by atoms with Gasteiger partial charge in [-0.25, -0.2) is 32.3 Å². The Morgan fingerprint density at radius 2 is 1.70 bits per heavy atom. The Balaban J connectivity index is 1.43. The van der Waals surface area contributed by atoms with Crippen LogP contribution in [0.2, 0.25) is 0 Å². The molecule has 0 saturated heterocycles. The van der Waals surface area contributed by atoms with E-state index in [4.69, 9.17) is 14.7 Å². The molecule has 3 aromatic carbocycles. The molecule has 0 aliphatic heterocycles. The molecular weight excluding hydrogens is 578 g/mol. The van der Waals surface area contributed by atoms with E-state index in [1.807, 2.05) is 6.07 Å². The fourth-order valence-corrected chi connectivity index (χ4v) is 4.73. The lowest BCUT2D eigenvalue weighted by atomic mass is 10.0. The number of carbonyl (C=O) groups is 1. The Morgan fingerprint density at radius 3 is 2.43 bits per heavy atom. The van der Waals surface area contributed by atoms with E-state index in [1.54, 1.807) is 22.8 Å². The predicted octanol–water partition coefficient (Wildman–Crippen LogP) is 6.16. The molecule has 2 aromatic heterocycles. The second-order valence-electron chi connectivity index (χ2n) is 9.77. The van der Waals surface area contributed by atoms with Gasteiger partial charge >= 0.3 is 5.97 Å². The summed E-state index contributed by atoms with van der Waals surface area (Å²) >= 11 is 0. The first-order valence-electron chi connectivity index (χ1n) is 13.4. The van der Waals surface area contributed by atoms with E-state index < -0.39 is 29.2 Å². The maximum atomic E-state index is 15.4. The number of nitrogens with zero attached hydrogens (tertiary/aromatic N) is 4. The molecule has 0 spiro atoms. The molecule has 0 saturated carbocycles. The van der Waals surface area contributed by atoms with Crippen molar-refractivity contribution in [3.8, 4) is 17.3 Å². The lowest BCUT2D eigenvalue weighted by Gasteiger charge is -2.12. The number of halogens is 4. The molecule has 5 aromatic rings. The van der Waals surface area contributed by atoms with Crippen molar-refractivity contribution in [2.75, 3.05) is 26.1 Å². The zero-order chi connectivity index (χ0) is 31.4. The number of methoxy groups -OCH3 is 2. The lowest BCUT2D eigenvalue weighted by Crippen LogP contribution is -2.10. The topological polar surface area (TPSA) is 102 Å². The number of nitriles is 1. The first kappa shape index (κ1) is 30.2. The molecule has 0 bridgehead atoms. The Bertz CT molecular complexity index is 1920. The van der Waals surface area contributed by atoms with Crippen LogP contribution in [0.3, 0.4) is 0 Å². The Labute approximate surface area is 249 Å². The van der Waals surface area contributed by atoms with Crippen LogP contribution in [0.1, 0.15) is 32.9 Å². The summed E-state index contributed by atoms with van der Waals surface area (Å²) in [5, 5.41) is 11.6. The van der Waals surface area contributed by atoms with E-state index in [0.29, 0.717) is 35.6 Å². The highest BCUT2D eigenvalue weighted by atomic mass is 19.1. The molecule has 224 valence electrons. The van der Waals surface area contributed by atoms with E-state index in [0.717, 1.165) is 24.3 Å². The highest BCUT2D eigenvalue weighted by molar-refractivity contribution is 5.93. The average molecular weight is 604 g/mol. The third kappa shape index (κ3) is 6.23. The Morgan fingerprint density at radius 1 is 0.909 bits per heavy atom. The van der Waals surface area contributed by atoms with E-state index in [9.17, 15) is 13.6 Å². The smallest absolute Gasteiger partial charge is 0.337 e. The van der Waals surface area contributed by atoms with Gasteiger partial charge in [-0.15, -0.1) is 0 Å². The highest BCUT2D eigenvalue weighted by Crippen LogP contribution is 2.29. The number of esters is 1. The normalized spacial score (nSPS) is 11.0. The lowest BCUT2D eigenvalue weighted by molar-refractivity contribution is 0.0601. The summed E-state index contributed by atoms with van der Waals surface area (Å²) in [6.07, 6.45) is -0.0746. The van der Waals surface area contributed by atoms with Gasteiger partial charge in [0.05, 0.1) is 47.6 Å². The fraction of sp³-hybridized carbons (Fsp3) is 0.188. The molecule has 8 nitrogen and oxygen atoms in total. The van der Waals surface area contributed by atoms with Gasteiger partial charge in [-0.3, -0.25) is 0 Å². The fourth-order valence-electron chi connectivity index (χ4n) is 4.73. The minimum Gasteiger partial charge on any atom is -0.465 e. The number of hydrogen-bond donors (Lipinski definition) is 1. The van der Waals surface area contributed by atoms with Crippen LogP contribution in [-0.4, -0.2) is 41.3 Å². The number of anilines is 1. The third-order valence-electron chi connectivity index (χ3n) is 7.00. The minimum atomic E-state index is -0.794. The highest BCUT2D eigenvalue weighted by Gasteiger charge is 2.19. The van der Waals surface area contributed by atoms with Crippen LogP contribution >= 0.6 is 0 Å². The van der Waals surface area contributed by atoms with Crippen LogP contribution in [-0.2, 0) is 29.0 Å². The molecule has 0 radical (unpaired) electrons. The average Bonchev–Trinajstić information content (AvgIpc) is 3.37. The van der Waals surface area contributed by atoms with Crippen LogP contribution in [0.5, 0.6) is 0 Å². The molecule has 12 heteroatoms. The van der Waals surface area contributed by atoms with Gasteiger partial charge in [-0.1, -0.05) is 6.07 Å². The van der Waals surface area contributed by atoms with Gasteiger partial charge in [0.25, 0.3) is 0 Å². The summed E-state index contributed by atoms with van der Waals surface area (Å²) in [5.74, 6) is -3.34. The summed E-state index contributed by atoms with van der Waals surface area (Å²) in [6.45, 7) is 0.490. The number of ether oxygens (including phenoxy) is 2. The SMILES string of the molecule is COCCn1c(Cc2cc(F)c(-c3ccc(F)c(NCc4ccc(C#N)cc4F)n3)cc2F)nc2ccc(C(=O)OC)cc21. The number of nitrogens with one attached hydrogen (secondary N) is 1. The maximum absolute atomic E-state index is 15.4. The second kappa shape index (κ2) is 12.9. The summed E-state index contributed by atoms with van der Waals surface area (Å²) < 4.78 is 71.4. The summed E-state index contributed by atoms with van der Waals surface area (Å²) in [5.41, 5.74) is 1.55. The van der Waals surface area contributed by atoms with Crippen LogP contribution in [0.15, 0.2) is 60.7 Å². The van der Waals surface area contributed by atoms with Crippen molar-refractivity contribution in [1.82, 2.24) is 14.5 Å². The zero-order valence-corrected chi connectivity index (χ0v) is 23.6. The van der Waals surface area contributed by atoms with E-state index in [-0.39, 0.29) is 46.7 Å². The van der Waals surface area contributed by atoms with Crippen molar-refractivity contribution in [2.24, 2.45) is 0 Å². The van der Waals surface area contributed by atoms with Gasteiger partial charge in [0, 0.05) is 37.7 Å². The van der Waals surface area contributed by atoms with Crippen LogP contribution in [0.4, 0.5) is 23.4 Å². The van der Waals surface area contributed by atoms with Crippen molar-refractivity contribution < 1.29 is 31.8 Å². The number of benzene rings is 3. The predicted molar refractivity (Wildman–Crippen MR) is 154 cm³/mol. The molecule has 2 heterocycles. The van der Waals surface area contributed by atoms with Gasteiger partial charge in [0.2, 0.25) is 0 Å². The number of fused-ring (bicyclic) bond motifs is 1. The van der Waals surface area contributed by atoms with Crippen LogP contribution in [0.25, 0.3) is 22.3 Å². The number of imidazole rings is 1. The Kier molecular flexibility index (Phi) is 8.87. The minimum absolute atomic E-state index is 0.0187. The molecule has 1 N–H and O–H groups in total. The first-order valence-corrected chi connectivity index (χ1v) is 13.4. The molecular formula is C32H25F4N5O3. The number of rotatable bonds is 10. The number of aromatic nitrogens is 3. The quantitative estimate of drug-likeness (QED) is 0.151. The second-order valence-corrected chi connectivity index (χ2v) is 9.77. The maximum Gasteiger partial charge on any atom is 0.337 e. The van der Waals surface area contributed by atoms with Gasteiger partial charge in [-0.2, -0.15) is 5.26 Å². The zero-order valence-electron chi connectivity index (χ0n) is 23.6. The summed E-state index contributed by atoms with van der Waals surface area (Å²) in [6, 6.07) is 14.8. The molecule has 44 heavy (non-hydrogen) atoms. The summed E-state index contributed by atoms with van der Waals surface area (Å²) in [7, 11) is 2.81. The number of hydrogen-bond acceptors (Lipinski definition) is 7. The molecule has 0 fully saturated rings. The molecule has 0 atom stereocenters. The molecule has 0 unspecified atom stereocenters. The van der Waals surface area contributed by atoms with Crippen molar-refractivity contribution in [3.05, 3.63) is 112 Å². The van der Waals surface area contributed by atoms with Gasteiger partial charge in [-0.05, 0) is 60.2 Å². The van der Waals surface area contributed by atoms with Crippen molar-refractivity contribution >= 4 is 22.8 Å². The van der Waals surface area contributed by atoms with Gasteiger partial charge in [0.15, 0.2) is 11.6 Å². The van der Waals surface area contributed by atoms with Gasteiger partial charge < -0.3 is 19.4 Å². The van der Waals surface area contributed by atoms with Crippen molar-refractivity contribution in [1.29, 1.82) is 5.26 Å². The standard InChI is InChI=1S/C32H25F4N5O3/c1-43-10-9-41-29-13-19(32(42)44-2)5-7-28(29)39-30(41)14-21-12-26(36)22(15-25(21)35)27-8-6-23(33)31(40-27)38-17-20-4-3-18(16-37)11-24(20)34/h3-8,11-13,15H,9-10,14,17H2,1-2H3,(H,38,40). The van der Waals surface area contributed by atoms with Gasteiger partial charge in [0.1, 0.15) is 23.3 Å².